The number of halogens is 2. The lowest BCUT2D eigenvalue weighted by Gasteiger charge is -2.19. The second kappa shape index (κ2) is 9.85. The lowest BCUT2D eigenvalue weighted by molar-refractivity contribution is -0.140. The van der Waals surface area contributed by atoms with Crippen molar-refractivity contribution in [2.45, 2.75) is 42.2 Å². The first kappa shape index (κ1) is 22.5. The fraction of sp³-hybridized carbons (Fsp3) is 0.450. The molecule has 2 fully saturated rings. The quantitative estimate of drug-likeness (QED) is 0.339. The summed E-state index contributed by atoms with van der Waals surface area (Å²) < 4.78 is 0.667. The van der Waals surface area contributed by atoms with Gasteiger partial charge >= 0.3 is 0 Å². The average Bonchev–Trinajstić information content (AvgIpc) is 3.29. The van der Waals surface area contributed by atoms with Gasteiger partial charge < -0.3 is 5.32 Å². The third kappa shape index (κ3) is 5.05. The molecule has 1 saturated heterocycles. The van der Waals surface area contributed by atoms with Gasteiger partial charge in [0.05, 0.1) is 11.8 Å². The molecule has 2 aromatic rings. The van der Waals surface area contributed by atoms with E-state index in [1.54, 1.807) is 18.2 Å². The van der Waals surface area contributed by atoms with Crippen molar-refractivity contribution in [3.63, 3.8) is 0 Å². The Balaban J connectivity index is 1.27. The smallest absolute Gasteiger partial charge is 0.233 e. The zero-order chi connectivity index (χ0) is 22.0. The molecule has 1 N–H and O–H groups in total. The van der Waals surface area contributed by atoms with Crippen LogP contribution in [0, 0.1) is 11.8 Å². The van der Waals surface area contributed by atoms with Crippen molar-refractivity contribution in [1.82, 2.24) is 15.1 Å². The number of imide groups is 1. The fourth-order valence-corrected chi connectivity index (χ4v) is 6.48. The molecule has 0 spiro atoms. The van der Waals surface area contributed by atoms with Crippen LogP contribution in [0.1, 0.15) is 37.7 Å². The number of carbonyl (C=O) groups excluding carboxylic acids is 3. The lowest BCUT2D eigenvalue weighted by atomic mass is 9.81. The normalized spacial score (nSPS) is 20.8. The molecule has 2 unspecified atom stereocenters. The number of likely N-dealkylation sites (tertiary alicyclic amines) is 1. The van der Waals surface area contributed by atoms with E-state index in [1.165, 1.54) is 28.0 Å². The first-order valence-electron chi connectivity index (χ1n) is 9.98. The molecule has 4 rings (SSSR count). The number of benzene rings is 1. The van der Waals surface area contributed by atoms with E-state index < -0.39 is 0 Å². The molecule has 1 aliphatic carbocycles. The second-order valence-electron chi connectivity index (χ2n) is 7.49. The van der Waals surface area contributed by atoms with E-state index in [2.05, 4.69) is 15.5 Å². The maximum atomic E-state index is 12.5. The summed E-state index contributed by atoms with van der Waals surface area (Å²) in [7, 11) is 0. The summed E-state index contributed by atoms with van der Waals surface area (Å²) in [6, 6.07) is 5.34. The maximum absolute atomic E-state index is 12.5. The number of hydrogen-bond acceptors (Lipinski definition) is 7. The summed E-state index contributed by atoms with van der Waals surface area (Å²) in [5.74, 6) is -0.428. The molecule has 31 heavy (non-hydrogen) atoms. The van der Waals surface area contributed by atoms with Crippen molar-refractivity contribution in [3.8, 4) is 0 Å². The third-order valence-electron chi connectivity index (χ3n) is 5.55. The highest BCUT2D eigenvalue weighted by atomic mass is 35.5. The van der Waals surface area contributed by atoms with Crippen LogP contribution in [0.25, 0.3) is 0 Å². The van der Waals surface area contributed by atoms with Gasteiger partial charge in [0.1, 0.15) is 0 Å². The van der Waals surface area contributed by atoms with Crippen molar-refractivity contribution in [2.24, 2.45) is 11.8 Å². The first-order valence-corrected chi connectivity index (χ1v) is 12.5. The first-order chi connectivity index (χ1) is 14.9. The van der Waals surface area contributed by atoms with Gasteiger partial charge in [0.25, 0.3) is 0 Å². The minimum Gasteiger partial charge on any atom is -0.300 e. The van der Waals surface area contributed by atoms with Crippen molar-refractivity contribution in [1.29, 1.82) is 0 Å². The summed E-state index contributed by atoms with van der Waals surface area (Å²) in [6.07, 6.45) is 3.53. The molecular formula is C20H20Cl2N4O3S2. The topological polar surface area (TPSA) is 92.3 Å². The average molecular weight is 499 g/mol. The highest BCUT2D eigenvalue weighted by Crippen LogP contribution is 2.38. The number of nitrogens with zero attached hydrogens (tertiary/aromatic N) is 3. The number of anilines is 1. The van der Waals surface area contributed by atoms with Crippen LogP contribution in [-0.4, -0.2) is 39.4 Å². The van der Waals surface area contributed by atoms with Crippen LogP contribution >= 0.6 is 46.3 Å². The minimum absolute atomic E-state index is 0.0359. The van der Waals surface area contributed by atoms with Crippen molar-refractivity contribution in [2.75, 3.05) is 11.9 Å². The predicted octanol–water partition coefficient (Wildman–Crippen LogP) is 4.64. The minimum atomic E-state index is -0.308. The van der Waals surface area contributed by atoms with Crippen LogP contribution in [0.2, 0.25) is 10.0 Å². The molecule has 1 saturated carbocycles. The van der Waals surface area contributed by atoms with Gasteiger partial charge in [0.2, 0.25) is 22.9 Å². The fourth-order valence-electron chi connectivity index (χ4n) is 3.97. The molecule has 11 heteroatoms. The zero-order valence-corrected chi connectivity index (χ0v) is 19.6. The Hall–Kier alpha value is -1.68. The van der Waals surface area contributed by atoms with Crippen LogP contribution in [0.15, 0.2) is 22.5 Å². The Bertz CT molecular complexity index is 972. The van der Waals surface area contributed by atoms with Gasteiger partial charge in [-0.1, -0.05) is 65.2 Å². The van der Waals surface area contributed by atoms with E-state index >= 15 is 0 Å². The summed E-state index contributed by atoms with van der Waals surface area (Å²) in [5, 5.41) is 12.3. The van der Waals surface area contributed by atoms with Crippen LogP contribution in [0.5, 0.6) is 0 Å². The Morgan fingerprint density at radius 2 is 1.77 bits per heavy atom. The molecule has 0 bridgehead atoms. The van der Waals surface area contributed by atoms with Gasteiger partial charge in [-0.15, -0.1) is 10.2 Å². The van der Waals surface area contributed by atoms with Crippen LogP contribution in [0.4, 0.5) is 5.13 Å². The Morgan fingerprint density at radius 1 is 1.13 bits per heavy atom. The Morgan fingerprint density at radius 3 is 2.42 bits per heavy atom. The van der Waals surface area contributed by atoms with E-state index in [0.29, 0.717) is 25.3 Å². The maximum Gasteiger partial charge on any atom is 0.233 e. The second-order valence-corrected chi connectivity index (χ2v) is 10.5. The molecule has 2 heterocycles. The van der Waals surface area contributed by atoms with Crippen molar-refractivity contribution >= 4 is 69.2 Å². The summed E-state index contributed by atoms with van der Waals surface area (Å²) in [5.41, 5.74) is 0.817. The van der Waals surface area contributed by atoms with Gasteiger partial charge in [0, 0.05) is 28.8 Å². The number of carbonyl (C=O) groups is 3. The number of fused-ring (bicyclic) bond motifs is 1. The molecule has 2 atom stereocenters. The van der Waals surface area contributed by atoms with Crippen LogP contribution < -0.4 is 5.32 Å². The monoisotopic (exact) mass is 498 g/mol. The van der Waals surface area contributed by atoms with E-state index in [4.69, 9.17) is 23.2 Å². The molecule has 164 valence electrons. The third-order valence-corrected chi connectivity index (χ3v) is 8.26. The number of aromatic nitrogens is 2. The summed E-state index contributed by atoms with van der Waals surface area (Å²) in [4.78, 5) is 38.6. The summed E-state index contributed by atoms with van der Waals surface area (Å²) >= 11 is 15.0. The number of rotatable bonds is 7. The highest BCUT2D eigenvalue weighted by Gasteiger charge is 2.47. The van der Waals surface area contributed by atoms with Crippen molar-refractivity contribution < 1.29 is 14.4 Å². The highest BCUT2D eigenvalue weighted by molar-refractivity contribution is 8.00. The van der Waals surface area contributed by atoms with Gasteiger partial charge in [-0.3, -0.25) is 19.3 Å². The largest absolute Gasteiger partial charge is 0.300 e. The van der Waals surface area contributed by atoms with E-state index in [0.717, 1.165) is 31.2 Å². The standard InChI is InChI=1S/C20H20Cl2N4O3S2/c21-14-6-3-7-15(22)13(14)10-30-20-25-24-19(31-20)23-16(27)8-9-26-17(28)11-4-1-2-5-12(11)18(26)29/h3,6-7,11-12H,1-2,4-5,8-10H2,(H,23,24,27). The van der Waals surface area contributed by atoms with Crippen molar-refractivity contribution in [3.05, 3.63) is 33.8 Å². The molecule has 1 aromatic carbocycles. The molecule has 3 amide bonds. The van der Waals surface area contributed by atoms with Crippen LogP contribution in [-0.2, 0) is 20.1 Å². The molecule has 0 radical (unpaired) electrons. The Kier molecular flexibility index (Phi) is 7.15. The van der Waals surface area contributed by atoms with Crippen LogP contribution in [0.3, 0.4) is 0 Å². The lowest BCUT2D eigenvalue weighted by Crippen LogP contribution is -2.34. The van der Waals surface area contributed by atoms with E-state index in [1.807, 2.05) is 0 Å². The number of amides is 3. The number of hydrogen-bond donors (Lipinski definition) is 1. The Labute approximate surface area is 197 Å². The molecule has 1 aliphatic heterocycles. The zero-order valence-electron chi connectivity index (χ0n) is 16.5. The van der Waals surface area contributed by atoms with Gasteiger partial charge in [0.15, 0.2) is 4.34 Å². The van der Waals surface area contributed by atoms with E-state index in [-0.39, 0.29) is 42.5 Å². The molecule has 1 aromatic heterocycles. The predicted molar refractivity (Wildman–Crippen MR) is 121 cm³/mol. The summed E-state index contributed by atoms with van der Waals surface area (Å²) in [6.45, 7) is 0.0991. The molecular weight excluding hydrogens is 479 g/mol. The van der Waals surface area contributed by atoms with Gasteiger partial charge in [-0.2, -0.15) is 0 Å². The van der Waals surface area contributed by atoms with Gasteiger partial charge in [-0.05, 0) is 30.5 Å². The number of thioether (sulfide) groups is 1. The van der Waals surface area contributed by atoms with Gasteiger partial charge in [-0.25, -0.2) is 0 Å². The SMILES string of the molecule is O=C(CCN1C(=O)C2CCCCC2C1=O)Nc1nnc(SCc2c(Cl)cccc2Cl)s1. The van der Waals surface area contributed by atoms with E-state index in [9.17, 15) is 14.4 Å². The number of nitrogens with one attached hydrogen (secondary N) is 1. The molecule has 2 aliphatic rings. The molecule has 7 nitrogen and oxygen atoms in total.